The lowest BCUT2D eigenvalue weighted by Gasteiger charge is -2.03. The van der Waals surface area contributed by atoms with E-state index in [1.165, 1.54) is 21.0 Å². The van der Waals surface area contributed by atoms with Crippen molar-refractivity contribution < 1.29 is 0 Å². The van der Waals surface area contributed by atoms with E-state index in [0.717, 1.165) is 6.54 Å². The van der Waals surface area contributed by atoms with E-state index in [4.69, 9.17) is 0 Å². The molecule has 0 fully saturated rings. The highest BCUT2D eigenvalue weighted by Gasteiger charge is 2.00. The molecule has 2 aromatic rings. The van der Waals surface area contributed by atoms with Gasteiger partial charge in [-0.15, -0.1) is 11.3 Å². The zero-order valence-corrected chi connectivity index (χ0v) is 9.90. The van der Waals surface area contributed by atoms with Crippen LogP contribution in [0, 0.1) is 13.8 Å². The molecule has 0 bridgehead atoms. The molecule has 0 saturated carbocycles. The SMILES string of the molecule is Cc1cc(CNc2ccccc2)sc1C. The molecular weight excluding hydrogens is 202 g/mol. The van der Waals surface area contributed by atoms with E-state index in [1.807, 2.05) is 29.5 Å². The summed E-state index contributed by atoms with van der Waals surface area (Å²) in [5, 5.41) is 3.41. The smallest absolute Gasteiger partial charge is 0.0494 e. The Balaban J connectivity index is 1.99. The average Bonchev–Trinajstić information content (AvgIpc) is 2.57. The Kier molecular flexibility index (Phi) is 3.07. The van der Waals surface area contributed by atoms with Crippen LogP contribution in [0.3, 0.4) is 0 Å². The number of anilines is 1. The van der Waals surface area contributed by atoms with E-state index >= 15 is 0 Å². The van der Waals surface area contributed by atoms with E-state index in [-0.39, 0.29) is 0 Å². The van der Waals surface area contributed by atoms with Crippen LogP contribution in [0.5, 0.6) is 0 Å². The minimum absolute atomic E-state index is 0.920. The summed E-state index contributed by atoms with van der Waals surface area (Å²) >= 11 is 1.87. The first-order valence-corrected chi connectivity index (χ1v) is 5.92. The predicted octanol–water partition coefficient (Wildman–Crippen LogP) is 3.98. The molecule has 2 rings (SSSR count). The maximum atomic E-state index is 3.41. The molecule has 1 aromatic carbocycles. The Morgan fingerprint density at radius 3 is 2.47 bits per heavy atom. The molecule has 0 spiro atoms. The highest BCUT2D eigenvalue weighted by molar-refractivity contribution is 7.12. The van der Waals surface area contributed by atoms with Crippen molar-refractivity contribution in [3.05, 3.63) is 51.7 Å². The molecule has 0 atom stereocenters. The van der Waals surface area contributed by atoms with Crippen LogP contribution in [-0.4, -0.2) is 0 Å². The third kappa shape index (κ3) is 2.60. The first-order chi connectivity index (χ1) is 7.25. The zero-order valence-electron chi connectivity index (χ0n) is 9.08. The number of thiophene rings is 1. The molecule has 0 amide bonds. The third-order valence-corrected chi connectivity index (χ3v) is 3.61. The molecular formula is C13H15NS. The van der Waals surface area contributed by atoms with Gasteiger partial charge in [-0.25, -0.2) is 0 Å². The Labute approximate surface area is 94.8 Å². The van der Waals surface area contributed by atoms with E-state index in [9.17, 15) is 0 Å². The van der Waals surface area contributed by atoms with Crippen molar-refractivity contribution in [3.8, 4) is 0 Å². The quantitative estimate of drug-likeness (QED) is 0.820. The normalized spacial score (nSPS) is 10.3. The molecule has 1 aromatic heterocycles. The molecule has 1 N–H and O–H groups in total. The summed E-state index contributed by atoms with van der Waals surface area (Å²) in [7, 11) is 0. The molecule has 0 aliphatic rings. The molecule has 0 aliphatic carbocycles. The second-order valence-corrected chi connectivity index (χ2v) is 5.01. The van der Waals surface area contributed by atoms with Crippen molar-refractivity contribution >= 4 is 17.0 Å². The minimum Gasteiger partial charge on any atom is -0.380 e. The van der Waals surface area contributed by atoms with Crippen molar-refractivity contribution in [3.63, 3.8) is 0 Å². The number of rotatable bonds is 3. The minimum atomic E-state index is 0.920. The van der Waals surface area contributed by atoms with Crippen molar-refractivity contribution in [2.75, 3.05) is 5.32 Å². The standard InChI is InChI=1S/C13H15NS/c1-10-8-13(15-11(10)2)9-14-12-6-4-3-5-7-12/h3-8,14H,9H2,1-2H3. The molecule has 0 aliphatic heterocycles. The predicted molar refractivity (Wildman–Crippen MR) is 67.6 cm³/mol. The lowest BCUT2D eigenvalue weighted by atomic mass is 10.3. The summed E-state index contributed by atoms with van der Waals surface area (Å²) in [6.07, 6.45) is 0. The van der Waals surface area contributed by atoms with Crippen LogP contribution in [0.15, 0.2) is 36.4 Å². The largest absolute Gasteiger partial charge is 0.380 e. The second-order valence-electron chi connectivity index (χ2n) is 3.67. The molecule has 1 nitrogen and oxygen atoms in total. The van der Waals surface area contributed by atoms with Crippen LogP contribution in [0.4, 0.5) is 5.69 Å². The van der Waals surface area contributed by atoms with Gasteiger partial charge in [0.25, 0.3) is 0 Å². The fourth-order valence-electron chi connectivity index (χ4n) is 1.48. The Bertz CT molecular complexity index is 412. The van der Waals surface area contributed by atoms with Crippen LogP contribution in [0.1, 0.15) is 15.3 Å². The number of nitrogens with one attached hydrogen (secondary N) is 1. The van der Waals surface area contributed by atoms with Crippen LogP contribution in [0.2, 0.25) is 0 Å². The lowest BCUT2D eigenvalue weighted by Crippen LogP contribution is -1.96. The van der Waals surface area contributed by atoms with E-state index < -0.39 is 0 Å². The first kappa shape index (κ1) is 10.2. The van der Waals surface area contributed by atoms with Crippen LogP contribution in [0.25, 0.3) is 0 Å². The second kappa shape index (κ2) is 4.49. The van der Waals surface area contributed by atoms with Crippen molar-refractivity contribution in [1.29, 1.82) is 0 Å². The molecule has 15 heavy (non-hydrogen) atoms. The van der Waals surface area contributed by atoms with Crippen molar-refractivity contribution in [2.24, 2.45) is 0 Å². The van der Waals surface area contributed by atoms with Gasteiger partial charge in [-0.1, -0.05) is 18.2 Å². The van der Waals surface area contributed by atoms with Gasteiger partial charge in [0.15, 0.2) is 0 Å². The maximum absolute atomic E-state index is 3.41. The molecule has 0 saturated heterocycles. The molecule has 0 unspecified atom stereocenters. The monoisotopic (exact) mass is 217 g/mol. The van der Waals surface area contributed by atoms with Gasteiger partial charge >= 0.3 is 0 Å². The van der Waals surface area contributed by atoms with Gasteiger partial charge < -0.3 is 5.32 Å². The topological polar surface area (TPSA) is 12.0 Å². The Hall–Kier alpha value is -1.28. The van der Waals surface area contributed by atoms with E-state index in [0.29, 0.717) is 0 Å². The third-order valence-electron chi connectivity index (χ3n) is 2.46. The Morgan fingerprint density at radius 1 is 1.13 bits per heavy atom. The highest BCUT2D eigenvalue weighted by atomic mass is 32.1. The van der Waals surface area contributed by atoms with Crippen LogP contribution in [-0.2, 0) is 6.54 Å². The van der Waals surface area contributed by atoms with Gasteiger partial charge in [0, 0.05) is 22.0 Å². The summed E-state index contributed by atoms with van der Waals surface area (Å²) in [6, 6.07) is 12.6. The summed E-state index contributed by atoms with van der Waals surface area (Å²) in [5.41, 5.74) is 2.58. The number of hydrogen-bond acceptors (Lipinski definition) is 2. The molecule has 1 heterocycles. The van der Waals surface area contributed by atoms with Gasteiger partial charge in [-0.3, -0.25) is 0 Å². The van der Waals surface area contributed by atoms with Gasteiger partial charge in [-0.2, -0.15) is 0 Å². The molecule has 2 heteroatoms. The fourth-order valence-corrected chi connectivity index (χ4v) is 2.48. The number of aryl methyl sites for hydroxylation is 2. The van der Waals surface area contributed by atoms with Gasteiger partial charge in [0.05, 0.1) is 0 Å². The zero-order chi connectivity index (χ0) is 10.7. The molecule has 78 valence electrons. The average molecular weight is 217 g/mol. The van der Waals surface area contributed by atoms with E-state index in [2.05, 4.69) is 37.4 Å². The lowest BCUT2D eigenvalue weighted by molar-refractivity contribution is 1.19. The summed E-state index contributed by atoms with van der Waals surface area (Å²) < 4.78 is 0. The molecule has 0 radical (unpaired) electrons. The number of para-hydroxylation sites is 1. The van der Waals surface area contributed by atoms with Crippen molar-refractivity contribution in [1.82, 2.24) is 0 Å². The maximum Gasteiger partial charge on any atom is 0.0494 e. The fraction of sp³-hybridized carbons (Fsp3) is 0.231. The Morgan fingerprint density at radius 2 is 1.87 bits per heavy atom. The van der Waals surface area contributed by atoms with Crippen LogP contribution >= 0.6 is 11.3 Å². The van der Waals surface area contributed by atoms with Gasteiger partial charge in [0.1, 0.15) is 0 Å². The first-order valence-electron chi connectivity index (χ1n) is 5.10. The summed E-state index contributed by atoms with van der Waals surface area (Å²) in [6.45, 7) is 5.26. The highest BCUT2D eigenvalue weighted by Crippen LogP contribution is 2.21. The number of benzene rings is 1. The van der Waals surface area contributed by atoms with Crippen molar-refractivity contribution in [2.45, 2.75) is 20.4 Å². The summed E-state index contributed by atoms with van der Waals surface area (Å²) in [5.74, 6) is 0. The van der Waals surface area contributed by atoms with Crippen LogP contribution < -0.4 is 5.32 Å². The van der Waals surface area contributed by atoms with E-state index in [1.54, 1.807) is 0 Å². The number of hydrogen-bond donors (Lipinski definition) is 1. The van der Waals surface area contributed by atoms with Gasteiger partial charge in [-0.05, 0) is 37.6 Å². The summed E-state index contributed by atoms with van der Waals surface area (Å²) in [4.78, 5) is 2.81. The van der Waals surface area contributed by atoms with Gasteiger partial charge in [0.2, 0.25) is 0 Å².